The maximum absolute atomic E-state index is 5.99. The first-order chi connectivity index (χ1) is 10.1. The fourth-order valence-electron chi connectivity index (χ4n) is 2.32. The summed E-state index contributed by atoms with van der Waals surface area (Å²) in [5.41, 5.74) is 0. The van der Waals surface area contributed by atoms with Gasteiger partial charge in [0.1, 0.15) is 17.7 Å². The van der Waals surface area contributed by atoms with Crippen LogP contribution in [-0.2, 0) is 0 Å². The highest BCUT2D eigenvalue weighted by Crippen LogP contribution is 2.27. The predicted octanol–water partition coefficient (Wildman–Crippen LogP) is 3.97. The van der Waals surface area contributed by atoms with Crippen molar-refractivity contribution in [3.8, 4) is 5.75 Å². The molecule has 1 aromatic carbocycles. The summed E-state index contributed by atoms with van der Waals surface area (Å²) in [5.74, 6) is 2.12. The maximum Gasteiger partial charge on any atom is 0.205 e. The molecule has 4 nitrogen and oxygen atoms in total. The molecular formula is C15H18ClN3OS. The van der Waals surface area contributed by atoms with Crippen LogP contribution in [0.5, 0.6) is 5.75 Å². The zero-order valence-corrected chi connectivity index (χ0v) is 13.7. The second kappa shape index (κ2) is 6.20. The summed E-state index contributed by atoms with van der Waals surface area (Å²) in [6.07, 6.45) is 1.16. The Kier molecular flexibility index (Phi) is 4.31. The molecular weight excluding hydrogens is 306 g/mol. The fourth-order valence-corrected chi connectivity index (χ4v) is 3.34. The number of benzene rings is 1. The SMILES string of the molecule is CC(C)c1nsc(N2CCC(Oc3cccc(Cl)c3)C2)n1. The van der Waals surface area contributed by atoms with E-state index in [2.05, 4.69) is 28.1 Å². The molecule has 112 valence electrons. The van der Waals surface area contributed by atoms with Gasteiger partial charge in [0.05, 0.1) is 6.54 Å². The number of ether oxygens (including phenoxy) is 1. The normalized spacial score (nSPS) is 18.5. The first-order valence-corrected chi connectivity index (χ1v) is 8.27. The molecule has 0 bridgehead atoms. The highest BCUT2D eigenvalue weighted by Gasteiger charge is 2.26. The standard InChI is InChI=1S/C15H18ClN3OS/c1-10(2)14-17-15(21-18-14)19-7-6-13(9-19)20-12-5-3-4-11(16)8-12/h3-5,8,10,13H,6-7,9H2,1-2H3. The van der Waals surface area contributed by atoms with Crippen LogP contribution < -0.4 is 9.64 Å². The summed E-state index contributed by atoms with van der Waals surface area (Å²) < 4.78 is 10.4. The van der Waals surface area contributed by atoms with Crippen molar-refractivity contribution < 1.29 is 4.74 Å². The zero-order valence-electron chi connectivity index (χ0n) is 12.1. The number of rotatable bonds is 4. The number of nitrogens with zero attached hydrogens (tertiary/aromatic N) is 3. The largest absolute Gasteiger partial charge is 0.488 e. The molecule has 3 rings (SSSR count). The van der Waals surface area contributed by atoms with E-state index in [1.807, 2.05) is 24.3 Å². The Morgan fingerprint density at radius 1 is 1.43 bits per heavy atom. The summed E-state index contributed by atoms with van der Waals surface area (Å²) >= 11 is 7.45. The lowest BCUT2D eigenvalue weighted by molar-refractivity contribution is 0.225. The molecule has 1 saturated heterocycles. The van der Waals surface area contributed by atoms with E-state index < -0.39 is 0 Å². The van der Waals surface area contributed by atoms with Crippen molar-refractivity contribution in [1.82, 2.24) is 9.36 Å². The molecule has 1 aliphatic heterocycles. The van der Waals surface area contributed by atoms with Crippen molar-refractivity contribution in [3.05, 3.63) is 35.1 Å². The molecule has 0 radical (unpaired) electrons. The van der Waals surface area contributed by atoms with Crippen LogP contribution in [-0.4, -0.2) is 28.6 Å². The van der Waals surface area contributed by atoms with Crippen LogP contribution in [0.1, 0.15) is 32.0 Å². The summed E-state index contributed by atoms with van der Waals surface area (Å²) in [5, 5.41) is 1.70. The first kappa shape index (κ1) is 14.6. The van der Waals surface area contributed by atoms with Gasteiger partial charge < -0.3 is 9.64 Å². The lowest BCUT2D eigenvalue weighted by Crippen LogP contribution is -2.24. The van der Waals surface area contributed by atoms with E-state index in [4.69, 9.17) is 16.3 Å². The van der Waals surface area contributed by atoms with Crippen LogP contribution in [0.4, 0.5) is 5.13 Å². The van der Waals surface area contributed by atoms with Gasteiger partial charge in [-0.3, -0.25) is 0 Å². The Hall–Kier alpha value is -1.33. The average molecular weight is 324 g/mol. The molecule has 0 saturated carbocycles. The molecule has 1 fully saturated rings. The molecule has 0 N–H and O–H groups in total. The maximum atomic E-state index is 5.99. The molecule has 1 atom stereocenters. The minimum atomic E-state index is 0.176. The Labute approximate surface area is 133 Å². The molecule has 1 unspecified atom stereocenters. The Balaban J connectivity index is 1.62. The number of hydrogen-bond acceptors (Lipinski definition) is 5. The first-order valence-electron chi connectivity index (χ1n) is 7.12. The molecule has 0 amide bonds. The molecule has 2 aromatic rings. The second-order valence-corrected chi connectivity index (χ2v) is 6.69. The van der Waals surface area contributed by atoms with Gasteiger partial charge in [0.25, 0.3) is 0 Å². The average Bonchev–Trinajstić information content (AvgIpc) is 3.06. The predicted molar refractivity (Wildman–Crippen MR) is 86.7 cm³/mol. The number of halogens is 1. The molecule has 1 aromatic heterocycles. The van der Waals surface area contributed by atoms with Crippen molar-refractivity contribution >= 4 is 28.3 Å². The van der Waals surface area contributed by atoms with Gasteiger partial charge >= 0.3 is 0 Å². The monoisotopic (exact) mass is 323 g/mol. The van der Waals surface area contributed by atoms with Crippen LogP contribution in [0, 0.1) is 0 Å². The Morgan fingerprint density at radius 3 is 3.00 bits per heavy atom. The third kappa shape index (κ3) is 3.47. The van der Waals surface area contributed by atoms with Gasteiger partial charge in [-0.1, -0.05) is 31.5 Å². The van der Waals surface area contributed by atoms with Gasteiger partial charge in [-0.2, -0.15) is 4.37 Å². The van der Waals surface area contributed by atoms with Gasteiger partial charge in [0, 0.05) is 35.4 Å². The minimum Gasteiger partial charge on any atom is -0.488 e. The van der Waals surface area contributed by atoms with Gasteiger partial charge in [-0.15, -0.1) is 0 Å². The third-order valence-electron chi connectivity index (χ3n) is 3.46. The van der Waals surface area contributed by atoms with E-state index in [9.17, 15) is 0 Å². The van der Waals surface area contributed by atoms with Crippen molar-refractivity contribution in [3.63, 3.8) is 0 Å². The van der Waals surface area contributed by atoms with E-state index in [-0.39, 0.29) is 6.10 Å². The quantitative estimate of drug-likeness (QED) is 0.853. The molecule has 21 heavy (non-hydrogen) atoms. The smallest absolute Gasteiger partial charge is 0.205 e. The number of anilines is 1. The van der Waals surface area contributed by atoms with E-state index in [1.54, 1.807) is 0 Å². The number of aromatic nitrogens is 2. The summed E-state index contributed by atoms with van der Waals surface area (Å²) in [4.78, 5) is 6.85. The summed E-state index contributed by atoms with van der Waals surface area (Å²) in [7, 11) is 0. The van der Waals surface area contributed by atoms with Crippen molar-refractivity contribution in [2.24, 2.45) is 0 Å². The highest BCUT2D eigenvalue weighted by atomic mass is 35.5. The van der Waals surface area contributed by atoms with Crippen LogP contribution in [0.15, 0.2) is 24.3 Å². The van der Waals surface area contributed by atoms with Crippen LogP contribution in [0.3, 0.4) is 0 Å². The van der Waals surface area contributed by atoms with Crippen molar-refractivity contribution in [1.29, 1.82) is 0 Å². The topological polar surface area (TPSA) is 38.2 Å². The second-order valence-electron chi connectivity index (χ2n) is 5.52. The molecule has 1 aliphatic rings. The third-order valence-corrected chi connectivity index (χ3v) is 4.49. The van der Waals surface area contributed by atoms with Gasteiger partial charge in [-0.25, -0.2) is 4.98 Å². The van der Waals surface area contributed by atoms with E-state index in [1.165, 1.54) is 11.5 Å². The zero-order chi connectivity index (χ0) is 14.8. The lowest BCUT2D eigenvalue weighted by atomic mass is 10.2. The Bertz CT molecular complexity index is 616. The van der Waals surface area contributed by atoms with Gasteiger partial charge in [-0.05, 0) is 18.2 Å². The Morgan fingerprint density at radius 2 is 2.29 bits per heavy atom. The highest BCUT2D eigenvalue weighted by molar-refractivity contribution is 7.09. The van der Waals surface area contributed by atoms with E-state index in [0.717, 1.165) is 36.2 Å². The van der Waals surface area contributed by atoms with Crippen molar-refractivity contribution in [2.75, 3.05) is 18.0 Å². The fraction of sp³-hybridized carbons (Fsp3) is 0.467. The van der Waals surface area contributed by atoms with Crippen molar-refractivity contribution in [2.45, 2.75) is 32.3 Å². The molecule has 2 heterocycles. The minimum absolute atomic E-state index is 0.176. The lowest BCUT2D eigenvalue weighted by Gasteiger charge is -2.16. The van der Waals surface area contributed by atoms with Crippen LogP contribution >= 0.6 is 23.1 Å². The van der Waals surface area contributed by atoms with E-state index in [0.29, 0.717) is 10.9 Å². The number of hydrogen-bond donors (Lipinski definition) is 0. The van der Waals surface area contributed by atoms with Gasteiger partial charge in [0.2, 0.25) is 5.13 Å². The molecule has 0 spiro atoms. The van der Waals surface area contributed by atoms with Crippen LogP contribution in [0.2, 0.25) is 5.02 Å². The van der Waals surface area contributed by atoms with Crippen LogP contribution in [0.25, 0.3) is 0 Å². The molecule has 0 aliphatic carbocycles. The van der Waals surface area contributed by atoms with Gasteiger partial charge in [0.15, 0.2) is 0 Å². The summed E-state index contributed by atoms with van der Waals surface area (Å²) in [6, 6.07) is 7.55. The molecule has 6 heteroatoms. The summed E-state index contributed by atoms with van der Waals surface area (Å²) in [6.45, 7) is 6.03. The van der Waals surface area contributed by atoms with E-state index >= 15 is 0 Å².